The molecule has 1 aliphatic rings. The van der Waals surface area contributed by atoms with E-state index in [1.165, 1.54) is 0 Å². The zero-order valence-corrected chi connectivity index (χ0v) is 8.49. The number of hydrogen-bond acceptors (Lipinski definition) is 2. The highest BCUT2D eigenvalue weighted by Gasteiger charge is 2.28. The van der Waals surface area contributed by atoms with E-state index in [-0.39, 0.29) is 0 Å². The summed E-state index contributed by atoms with van der Waals surface area (Å²) in [4.78, 5) is 0. The van der Waals surface area contributed by atoms with Gasteiger partial charge in [-0.1, -0.05) is 31.9 Å². The lowest BCUT2D eigenvalue weighted by Crippen LogP contribution is -2.30. The fraction of sp³-hybridized carbons (Fsp3) is 0.500. The van der Waals surface area contributed by atoms with Gasteiger partial charge in [0.25, 0.3) is 0 Å². The Morgan fingerprint density at radius 1 is 1.50 bits per heavy atom. The average molecular weight is 192 g/mol. The smallest absolute Gasteiger partial charge is 0.0977 e. The predicted molar refractivity (Wildman–Crippen MR) is 55.9 cm³/mol. The van der Waals surface area contributed by atoms with Crippen LogP contribution < -0.4 is 0 Å². The lowest BCUT2D eigenvalue weighted by atomic mass is 9.85. The first kappa shape index (κ1) is 9.53. The van der Waals surface area contributed by atoms with E-state index in [9.17, 15) is 5.11 Å². The van der Waals surface area contributed by atoms with Gasteiger partial charge in [-0.25, -0.2) is 0 Å². The molecule has 0 aromatic carbocycles. The molecule has 2 rings (SSSR count). The molecule has 0 amide bonds. The molecule has 1 N–H and O–H groups in total. The van der Waals surface area contributed by atoms with Crippen LogP contribution in [0.4, 0.5) is 0 Å². The van der Waals surface area contributed by atoms with Gasteiger partial charge in [-0.05, 0) is 6.42 Å². The highest BCUT2D eigenvalue weighted by Crippen LogP contribution is 2.30. The second-order valence-electron chi connectivity index (χ2n) is 4.07. The molecule has 0 spiro atoms. The topological polar surface area (TPSA) is 33.4 Å². The Hall–Kier alpha value is -1.02. The van der Waals surface area contributed by atoms with Crippen molar-refractivity contribution >= 4 is 6.08 Å². The first-order valence-corrected chi connectivity index (χ1v) is 5.20. The van der Waals surface area contributed by atoms with Gasteiger partial charge >= 0.3 is 0 Å². The third-order valence-corrected chi connectivity index (χ3v) is 2.81. The summed E-state index contributed by atoms with van der Waals surface area (Å²) < 4.78 is 5.10. The molecule has 14 heavy (non-hydrogen) atoms. The molecule has 1 aromatic rings. The van der Waals surface area contributed by atoms with Gasteiger partial charge in [0.2, 0.25) is 0 Å². The molecule has 0 saturated heterocycles. The Bertz CT molecular complexity index is 338. The van der Waals surface area contributed by atoms with Gasteiger partial charge in [-0.3, -0.25) is 0 Å². The summed E-state index contributed by atoms with van der Waals surface area (Å²) in [6, 6.07) is 0. The van der Waals surface area contributed by atoms with Gasteiger partial charge in [0.1, 0.15) is 0 Å². The number of rotatable bonds is 3. The normalized spacial score (nSPS) is 25.0. The van der Waals surface area contributed by atoms with Crippen LogP contribution in [-0.2, 0) is 6.42 Å². The standard InChI is InChI=1S/C12H16O2/c1-2-3-5-12(13)6-4-10-8-14-9-11(10)7-12/h4,6,8-9,13H,2-3,5,7H2,1H3. The maximum absolute atomic E-state index is 10.2. The van der Waals surface area contributed by atoms with Crippen molar-refractivity contribution in [1.29, 1.82) is 0 Å². The lowest BCUT2D eigenvalue weighted by molar-refractivity contribution is 0.0787. The monoisotopic (exact) mass is 192 g/mol. The zero-order valence-electron chi connectivity index (χ0n) is 8.49. The number of furan rings is 1. The zero-order chi connectivity index (χ0) is 10.0. The molecular formula is C12H16O2. The van der Waals surface area contributed by atoms with Crippen molar-refractivity contribution in [3.8, 4) is 0 Å². The molecule has 0 saturated carbocycles. The first-order chi connectivity index (χ1) is 6.73. The van der Waals surface area contributed by atoms with Gasteiger partial charge < -0.3 is 9.52 Å². The summed E-state index contributed by atoms with van der Waals surface area (Å²) >= 11 is 0. The molecule has 2 heteroatoms. The van der Waals surface area contributed by atoms with Crippen LogP contribution in [0, 0.1) is 0 Å². The largest absolute Gasteiger partial charge is 0.472 e. The maximum Gasteiger partial charge on any atom is 0.0977 e. The van der Waals surface area contributed by atoms with E-state index in [0.717, 1.165) is 30.4 Å². The van der Waals surface area contributed by atoms with Crippen LogP contribution in [0.3, 0.4) is 0 Å². The summed E-state index contributed by atoms with van der Waals surface area (Å²) in [6.07, 6.45) is 11.0. The summed E-state index contributed by atoms with van der Waals surface area (Å²) in [5, 5.41) is 10.2. The SMILES string of the molecule is CCCCC1(O)C=Cc2cocc2C1. The van der Waals surface area contributed by atoms with Crippen molar-refractivity contribution in [2.45, 2.75) is 38.2 Å². The molecule has 1 heterocycles. The highest BCUT2D eigenvalue weighted by molar-refractivity contribution is 5.56. The van der Waals surface area contributed by atoms with Gasteiger partial charge in [-0.2, -0.15) is 0 Å². The Balaban J connectivity index is 2.12. The Morgan fingerprint density at radius 2 is 2.36 bits per heavy atom. The van der Waals surface area contributed by atoms with Crippen LogP contribution in [0.25, 0.3) is 6.08 Å². The molecule has 0 bridgehead atoms. The Labute approximate surface area is 84.2 Å². The minimum absolute atomic E-state index is 0.646. The predicted octanol–water partition coefficient (Wildman–Crippen LogP) is 2.77. The second-order valence-corrected chi connectivity index (χ2v) is 4.07. The van der Waals surface area contributed by atoms with Crippen molar-refractivity contribution < 1.29 is 9.52 Å². The molecule has 2 nitrogen and oxygen atoms in total. The summed E-state index contributed by atoms with van der Waals surface area (Å²) in [6.45, 7) is 2.14. The van der Waals surface area contributed by atoms with E-state index < -0.39 is 5.60 Å². The van der Waals surface area contributed by atoms with E-state index >= 15 is 0 Å². The molecule has 0 fully saturated rings. The third kappa shape index (κ3) is 1.75. The van der Waals surface area contributed by atoms with Crippen LogP contribution >= 0.6 is 0 Å². The average Bonchev–Trinajstić information content (AvgIpc) is 2.61. The number of hydrogen-bond donors (Lipinski definition) is 1. The van der Waals surface area contributed by atoms with Crippen LogP contribution in [0.2, 0.25) is 0 Å². The molecule has 1 aromatic heterocycles. The van der Waals surface area contributed by atoms with Crippen molar-refractivity contribution in [2.75, 3.05) is 0 Å². The molecule has 1 aliphatic carbocycles. The van der Waals surface area contributed by atoms with Crippen molar-refractivity contribution in [3.05, 3.63) is 29.7 Å². The summed E-state index contributed by atoms with van der Waals surface area (Å²) in [5.74, 6) is 0. The molecule has 76 valence electrons. The van der Waals surface area contributed by atoms with Crippen LogP contribution in [0.1, 0.15) is 37.3 Å². The van der Waals surface area contributed by atoms with Gasteiger partial charge in [-0.15, -0.1) is 0 Å². The van der Waals surface area contributed by atoms with Crippen molar-refractivity contribution in [2.24, 2.45) is 0 Å². The Morgan fingerprint density at radius 3 is 3.14 bits per heavy atom. The van der Waals surface area contributed by atoms with Crippen molar-refractivity contribution in [1.82, 2.24) is 0 Å². The molecule has 0 aliphatic heterocycles. The van der Waals surface area contributed by atoms with E-state index in [0.29, 0.717) is 6.42 Å². The van der Waals surface area contributed by atoms with Crippen molar-refractivity contribution in [3.63, 3.8) is 0 Å². The second kappa shape index (κ2) is 3.62. The van der Waals surface area contributed by atoms with Gasteiger partial charge in [0, 0.05) is 17.5 Å². The number of aliphatic hydroxyl groups is 1. The quantitative estimate of drug-likeness (QED) is 0.798. The Kier molecular flexibility index (Phi) is 2.46. The highest BCUT2D eigenvalue weighted by atomic mass is 16.3. The molecule has 1 unspecified atom stereocenters. The minimum atomic E-state index is -0.646. The summed E-state index contributed by atoms with van der Waals surface area (Å²) in [5.41, 5.74) is 1.57. The fourth-order valence-electron chi connectivity index (χ4n) is 1.91. The fourth-order valence-corrected chi connectivity index (χ4v) is 1.91. The van der Waals surface area contributed by atoms with E-state index in [1.807, 2.05) is 12.2 Å². The maximum atomic E-state index is 10.2. The van der Waals surface area contributed by atoms with Crippen LogP contribution in [0.15, 0.2) is 23.0 Å². The lowest BCUT2D eigenvalue weighted by Gasteiger charge is -2.27. The summed E-state index contributed by atoms with van der Waals surface area (Å²) in [7, 11) is 0. The van der Waals surface area contributed by atoms with Crippen LogP contribution in [0.5, 0.6) is 0 Å². The van der Waals surface area contributed by atoms with E-state index in [4.69, 9.17) is 4.42 Å². The van der Waals surface area contributed by atoms with Gasteiger partial charge in [0.15, 0.2) is 0 Å². The van der Waals surface area contributed by atoms with E-state index in [2.05, 4.69) is 6.92 Å². The van der Waals surface area contributed by atoms with E-state index in [1.54, 1.807) is 12.5 Å². The van der Waals surface area contributed by atoms with Crippen LogP contribution in [-0.4, -0.2) is 10.7 Å². The third-order valence-electron chi connectivity index (χ3n) is 2.81. The first-order valence-electron chi connectivity index (χ1n) is 5.20. The number of fused-ring (bicyclic) bond motifs is 1. The number of unbranched alkanes of at least 4 members (excludes halogenated alkanes) is 1. The molecular weight excluding hydrogens is 176 g/mol. The molecule has 0 radical (unpaired) electrons. The molecule has 1 atom stereocenters. The minimum Gasteiger partial charge on any atom is -0.472 e. The van der Waals surface area contributed by atoms with Gasteiger partial charge in [0.05, 0.1) is 18.1 Å².